The fourth-order valence-corrected chi connectivity index (χ4v) is 4.15. The van der Waals surface area contributed by atoms with E-state index >= 15 is 0 Å². The zero-order valence-electron chi connectivity index (χ0n) is 20.5. The summed E-state index contributed by atoms with van der Waals surface area (Å²) in [4.78, 5) is 47.3. The second-order valence-corrected chi connectivity index (χ2v) is 8.29. The summed E-state index contributed by atoms with van der Waals surface area (Å²) < 4.78 is 44.6. The van der Waals surface area contributed by atoms with Gasteiger partial charge in [0.15, 0.2) is 18.3 Å². The van der Waals surface area contributed by atoms with Crippen molar-refractivity contribution in [1.29, 1.82) is 0 Å². The molecule has 0 aromatic rings. The topological polar surface area (TPSA) is 142 Å². The summed E-state index contributed by atoms with van der Waals surface area (Å²) in [6, 6.07) is 0. The molecule has 198 valence electrons. The summed E-state index contributed by atoms with van der Waals surface area (Å²) in [5.74, 6) is -3.23. The number of esters is 4. The Hall–Kier alpha value is -3.22. The largest absolute Gasteiger partial charge is 0.471 e. The smallest absolute Gasteiger partial charge is 0.303 e. The van der Waals surface area contributed by atoms with Crippen LogP contribution in [0.5, 0.6) is 0 Å². The van der Waals surface area contributed by atoms with Gasteiger partial charge < -0.3 is 37.9 Å². The summed E-state index contributed by atoms with van der Waals surface area (Å²) in [6.45, 7) is 8.91. The van der Waals surface area contributed by atoms with Crippen LogP contribution in [0.1, 0.15) is 27.7 Å². The Balaban J connectivity index is 1.96. The SMILES string of the molecule is C=C[C@@H]1C2=CCOCC2=CO[C@H]1O[C@@H]1O[C@@H](COC(C)=O)[C@@H](OC(C)=O)[C@H](OC(C)=O)[C@H]1OC(C)=O. The highest BCUT2D eigenvalue weighted by molar-refractivity contribution is 5.68. The molecule has 3 heterocycles. The van der Waals surface area contributed by atoms with Gasteiger partial charge in [0.1, 0.15) is 12.7 Å². The zero-order chi connectivity index (χ0) is 26.4. The summed E-state index contributed by atoms with van der Waals surface area (Å²) in [5, 5.41) is 0. The van der Waals surface area contributed by atoms with Gasteiger partial charge in [0.25, 0.3) is 0 Å². The minimum absolute atomic E-state index is 0.360. The molecule has 0 saturated carbocycles. The molecule has 3 rings (SSSR count). The number of ether oxygens (including phenoxy) is 8. The van der Waals surface area contributed by atoms with Gasteiger partial charge in [-0.25, -0.2) is 0 Å². The van der Waals surface area contributed by atoms with E-state index in [2.05, 4.69) is 6.58 Å². The first kappa shape index (κ1) is 27.4. The molecule has 12 heteroatoms. The normalized spacial score (nSPS) is 31.4. The molecule has 3 aliphatic rings. The Kier molecular flexibility index (Phi) is 9.24. The van der Waals surface area contributed by atoms with E-state index in [0.717, 1.165) is 31.9 Å². The number of fused-ring (bicyclic) bond motifs is 1. The van der Waals surface area contributed by atoms with Crippen LogP contribution in [0.3, 0.4) is 0 Å². The molecule has 1 fully saturated rings. The molecule has 0 radical (unpaired) electrons. The van der Waals surface area contributed by atoms with Crippen molar-refractivity contribution in [2.75, 3.05) is 19.8 Å². The number of carbonyl (C=O) groups excluding carboxylic acids is 4. The van der Waals surface area contributed by atoms with Gasteiger partial charge in [-0.3, -0.25) is 19.2 Å². The number of hydrogen-bond donors (Lipinski definition) is 0. The van der Waals surface area contributed by atoms with E-state index in [0.29, 0.717) is 13.2 Å². The number of carbonyl (C=O) groups is 4. The molecule has 7 atom stereocenters. The van der Waals surface area contributed by atoms with Crippen LogP contribution in [0.2, 0.25) is 0 Å². The predicted molar refractivity (Wildman–Crippen MR) is 119 cm³/mol. The van der Waals surface area contributed by atoms with Crippen LogP contribution in [0.25, 0.3) is 0 Å². The highest BCUT2D eigenvalue weighted by Crippen LogP contribution is 2.37. The average molecular weight is 510 g/mol. The van der Waals surface area contributed by atoms with E-state index in [9.17, 15) is 19.2 Å². The van der Waals surface area contributed by atoms with E-state index in [1.807, 2.05) is 6.08 Å². The Bertz CT molecular complexity index is 937. The fourth-order valence-electron chi connectivity index (χ4n) is 4.15. The van der Waals surface area contributed by atoms with Crippen LogP contribution in [0, 0.1) is 5.92 Å². The quantitative estimate of drug-likeness (QED) is 0.262. The molecule has 3 aliphatic heterocycles. The van der Waals surface area contributed by atoms with E-state index < -0.39 is 66.8 Å². The molecule has 0 aliphatic carbocycles. The molecule has 12 nitrogen and oxygen atoms in total. The van der Waals surface area contributed by atoms with Crippen molar-refractivity contribution in [3.63, 3.8) is 0 Å². The van der Waals surface area contributed by atoms with Crippen LogP contribution in [-0.2, 0) is 57.1 Å². The number of hydrogen-bond acceptors (Lipinski definition) is 12. The lowest BCUT2D eigenvalue weighted by Gasteiger charge is -2.45. The van der Waals surface area contributed by atoms with E-state index in [-0.39, 0.29) is 6.61 Å². The molecule has 0 bridgehead atoms. The fraction of sp³-hybridized carbons (Fsp3) is 0.583. The van der Waals surface area contributed by atoms with Gasteiger partial charge in [-0.2, -0.15) is 0 Å². The third-order valence-electron chi connectivity index (χ3n) is 5.52. The predicted octanol–water partition coefficient (Wildman–Crippen LogP) is 1.09. The average Bonchev–Trinajstić information content (AvgIpc) is 2.80. The third-order valence-corrected chi connectivity index (χ3v) is 5.52. The molecule has 0 unspecified atom stereocenters. The van der Waals surface area contributed by atoms with Crippen LogP contribution >= 0.6 is 0 Å². The van der Waals surface area contributed by atoms with Crippen LogP contribution in [0.4, 0.5) is 0 Å². The van der Waals surface area contributed by atoms with E-state index in [4.69, 9.17) is 37.9 Å². The minimum atomic E-state index is -1.37. The van der Waals surface area contributed by atoms with Gasteiger partial charge in [0.2, 0.25) is 12.6 Å². The Morgan fingerprint density at radius 1 is 0.944 bits per heavy atom. The first-order valence-corrected chi connectivity index (χ1v) is 11.3. The maximum atomic E-state index is 12.0. The Labute approximate surface area is 208 Å². The van der Waals surface area contributed by atoms with Crippen LogP contribution in [-0.4, -0.2) is 80.7 Å². The Morgan fingerprint density at radius 3 is 2.19 bits per heavy atom. The molecule has 0 N–H and O–H groups in total. The van der Waals surface area contributed by atoms with Crippen molar-refractivity contribution < 1.29 is 57.1 Å². The number of rotatable bonds is 8. The molecule has 0 amide bonds. The summed E-state index contributed by atoms with van der Waals surface area (Å²) >= 11 is 0. The van der Waals surface area contributed by atoms with Crippen LogP contribution < -0.4 is 0 Å². The lowest BCUT2D eigenvalue weighted by molar-refractivity contribution is -0.339. The van der Waals surface area contributed by atoms with Gasteiger partial charge >= 0.3 is 23.9 Å². The third kappa shape index (κ3) is 6.71. The van der Waals surface area contributed by atoms with Gasteiger partial charge in [-0.05, 0) is 5.57 Å². The molecule has 0 spiro atoms. The van der Waals surface area contributed by atoms with Crippen molar-refractivity contribution in [1.82, 2.24) is 0 Å². The maximum Gasteiger partial charge on any atom is 0.303 e. The molecular formula is C24H30O12. The van der Waals surface area contributed by atoms with E-state index in [1.165, 1.54) is 13.2 Å². The molecule has 1 saturated heterocycles. The second kappa shape index (κ2) is 12.2. The van der Waals surface area contributed by atoms with Gasteiger partial charge in [-0.15, -0.1) is 6.58 Å². The summed E-state index contributed by atoms with van der Waals surface area (Å²) in [6.07, 6.45) is -2.40. The second-order valence-electron chi connectivity index (χ2n) is 8.29. The van der Waals surface area contributed by atoms with Crippen LogP contribution in [0.15, 0.2) is 36.1 Å². The first-order valence-electron chi connectivity index (χ1n) is 11.3. The van der Waals surface area contributed by atoms with Gasteiger partial charge in [0.05, 0.1) is 25.4 Å². The maximum absolute atomic E-state index is 12.0. The van der Waals surface area contributed by atoms with E-state index in [1.54, 1.807) is 6.08 Å². The van der Waals surface area contributed by atoms with Gasteiger partial charge in [-0.1, -0.05) is 12.2 Å². The van der Waals surface area contributed by atoms with Crippen molar-refractivity contribution in [3.8, 4) is 0 Å². The molecule has 0 aromatic heterocycles. The van der Waals surface area contributed by atoms with Crippen molar-refractivity contribution >= 4 is 23.9 Å². The zero-order valence-corrected chi connectivity index (χ0v) is 20.5. The molecule has 36 heavy (non-hydrogen) atoms. The standard InChI is InChI=1S/C24H30O12/c1-6-17-18-7-8-29-9-16(18)10-31-23(17)36-24-22(34-15(5)28)21(33-14(4)27)20(32-13(3)26)19(35-24)11-30-12(2)25/h6-7,10,17,19-24H,1,8-9,11H2,2-5H3/t17-,19+,20-,21+,22-,23+,24+/m1/s1. The summed E-state index contributed by atoms with van der Waals surface area (Å²) in [7, 11) is 0. The summed E-state index contributed by atoms with van der Waals surface area (Å²) in [5.41, 5.74) is 1.73. The van der Waals surface area contributed by atoms with Gasteiger partial charge in [0, 0.05) is 33.3 Å². The van der Waals surface area contributed by atoms with Crippen molar-refractivity contribution in [2.45, 2.75) is 64.7 Å². The lowest BCUT2D eigenvalue weighted by atomic mass is 9.89. The molecular weight excluding hydrogens is 480 g/mol. The molecule has 0 aromatic carbocycles. The minimum Gasteiger partial charge on any atom is -0.471 e. The highest BCUT2D eigenvalue weighted by Gasteiger charge is 2.54. The monoisotopic (exact) mass is 510 g/mol. The van der Waals surface area contributed by atoms with Crippen molar-refractivity contribution in [3.05, 3.63) is 36.1 Å². The first-order chi connectivity index (χ1) is 17.1. The highest BCUT2D eigenvalue weighted by atomic mass is 16.8. The Morgan fingerprint density at radius 2 is 1.58 bits per heavy atom. The van der Waals surface area contributed by atoms with Crippen molar-refractivity contribution in [2.24, 2.45) is 5.92 Å². The lowest BCUT2D eigenvalue weighted by Crippen LogP contribution is -2.63.